The van der Waals surface area contributed by atoms with Crippen LogP contribution in [0.3, 0.4) is 0 Å². The lowest BCUT2D eigenvalue weighted by atomic mass is 9.97. The van der Waals surface area contributed by atoms with Crippen molar-refractivity contribution in [3.8, 4) is 0 Å². The van der Waals surface area contributed by atoms with Crippen molar-refractivity contribution in [3.63, 3.8) is 0 Å². The van der Waals surface area contributed by atoms with Crippen LogP contribution in [0.15, 0.2) is 36.4 Å². The third kappa shape index (κ3) is 3.29. The molecule has 2 rings (SSSR count). The predicted molar refractivity (Wildman–Crippen MR) is 70.8 cm³/mol. The molecule has 21 heavy (non-hydrogen) atoms. The number of rotatable bonds is 2. The molecule has 0 saturated heterocycles. The summed E-state index contributed by atoms with van der Waals surface area (Å²) in [6.45, 7) is 3.51. The first-order chi connectivity index (χ1) is 9.68. The summed E-state index contributed by atoms with van der Waals surface area (Å²) in [6, 6.07) is 6.70. The summed E-state index contributed by atoms with van der Waals surface area (Å²) in [5, 5.41) is 0. The van der Waals surface area contributed by atoms with Crippen molar-refractivity contribution in [1.29, 1.82) is 0 Å². The van der Waals surface area contributed by atoms with Crippen LogP contribution < -0.4 is 0 Å². The van der Waals surface area contributed by atoms with E-state index in [0.717, 1.165) is 11.1 Å². The molecule has 2 aromatic carbocycles. The standard InChI is InChI=1S/C16H12F4O/c1-9-5-10(2)7-11(6-9)15(21)13-8-12(16(18,19)20)3-4-14(13)17/h3-8H,1-2H3. The summed E-state index contributed by atoms with van der Waals surface area (Å²) in [5.41, 5.74) is 0.119. The molecule has 0 aliphatic heterocycles. The highest BCUT2D eigenvalue weighted by atomic mass is 19.4. The summed E-state index contributed by atoms with van der Waals surface area (Å²) in [5.74, 6) is -1.72. The van der Waals surface area contributed by atoms with E-state index in [0.29, 0.717) is 18.2 Å². The first-order valence-electron chi connectivity index (χ1n) is 6.18. The zero-order valence-corrected chi connectivity index (χ0v) is 11.4. The zero-order valence-electron chi connectivity index (χ0n) is 11.4. The zero-order chi connectivity index (χ0) is 15.8. The molecular weight excluding hydrogens is 284 g/mol. The van der Waals surface area contributed by atoms with Gasteiger partial charge in [-0.25, -0.2) is 4.39 Å². The lowest BCUT2D eigenvalue weighted by Crippen LogP contribution is -2.10. The second-order valence-electron chi connectivity index (χ2n) is 4.90. The molecule has 0 unspecified atom stereocenters. The molecule has 0 N–H and O–H groups in total. The summed E-state index contributed by atoms with van der Waals surface area (Å²) in [4.78, 5) is 12.2. The third-order valence-electron chi connectivity index (χ3n) is 3.02. The number of ketones is 1. The van der Waals surface area contributed by atoms with Crippen LogP contribution in [0, 0.1) is 19.7 Å². The Balaban J connectivity index is 2.52. The Morgan fingerprint density at radius 2 is 1.52 bits per heavy atom. The Morgan fingerprint density at radius 3 is 2.05 bits per heavy atom. The molecule has 0 atom stereocenters. The minimum Gasteiger partial charge on any atom is -0.288 e. The molecule has 0 spiro atoms. The van der Waals surface area contributed by atoms with Gasteiger partial charge in [-0.15, -0.1) is 0 Å². The van der Waals surface area contributed by atoms with Gasteiger partial charge in [-0.3, -0.25) is 4.79 Å². The highest BCUT2D eigenvalue weighted by molar-refractivity contribution is 6.09. The average Bonchev–Trinajstić information content (AvgIpc) is 2.36. The van der Waals surface area contributed by atoms with Crippen LogP contribution in [-0.2, 0) is 6.18 Å². The van der Waals surface area contributed by atoms with Crippen LogP contribution >= 0.6 is 0 Å². The lowest BCUT2D eigenvalue weighted by molar-refractivity contribution is -0.137. The Morgan fingerprint density at radius 1 is 0.952 bits per heavy atom. The number of hydrogen-bond acceptors (Lipinski definition) is 1. The van der Waals surface area contributed by atoms with E-state index < -0.39 is 28.9 Å². The van der Waals surface area contributed by atoms with Crippen molar-refractivity contribution >= 4 is 5.78 Å². The second-order valence-corrected chi connectivity index (χ2v) is 4.90. The molecule has 0 saturated carbocycles. The lowest BCUT2D eigenvalue weighted by Gasteiger charge is -2.10. The van der Waals surface area contributed by atoms with Gasteiger partial charge in [0.1, 0.15) is 5.82 Å². The molecule has 1 nitrogen and oxygen atoms in total. The molecule has 2 aromatic rings. The number of hydrogen-bond donors (Lipinski definition) is 0. The van der Waals surface area contributed by atoms with E-state index in [1.165, 1.54) is 12.1 Å². The number of benzene rings is 2. The van der Waals surface area contributed by atoms with Crippen molar-refractivity contribution < 1.29 is 22.4 Å². The number of aryl methyl sites for hydroxylation is 2. The Kier molecular flexibility index (Phi) is 3.85. The fourth-order valence-corrected chi connectivity index (χ4v) is 2.14. The third-order valence-corrected chi connectivity index (χ3v) is 3.02. The van der Waals surface area contributed by atoms with Crippen LogP contribution in [-0.4, -0.2) is 5.78 Å². The van der Waals surface area contributed by atoms with E-state index in [2.05, 4.69) is 0 Å². The molecule has 0 fully saturated rings. The first-order valence-corrected chi connectivity index (χ1v) is 6.18. The largest absolute Gasteiger partial charge is 0.416 e. The fraction of sp³-hybridized carbons (Fsp3) is 0.188. The molecule has 5 heteroatoms. The number of alkyl halides is 3. The maximum absolute atomic E-state index is 13.7. The van der Waals surface area contributed by atoms with Crippen molar-refractivity contribution in [2.45, 2.75) is 20.0 Å². The number of carbonyl (C=O) groups is 1. The summed E-state index contributed by atoms with van der Waals surface area (Å²) in [6.07, 6.45) is -4.62. The van der Waals surface area contributed by atoms with Crippen molar-refractivity contribution in [1.82, 2.24) is 0 Å². The van der Waals surface area contributed by atoms with Gasteiger partial charge in [-0.2, -0.15) is 13.2 Å². The van der Waals surface area contributed by atoms with Gasteiger partial charge in [0.05, 0.1) is 11.1 Å². The van der Waals surface area contributed by atoms with E-state index in [4.69, 9.17) is 0 Å². The van der Waals surface area contributed by atoms with E-state index in [1.54, 1.807) is 13.8 Å². The van der Waals surface area contributed by atoms with Crippen LogP contribution in [0.1, 0.15) is 32.6 Å². The maximum Gasteiger partial charge on any atom is 0.416 e. The predicted octanol–water partition coefficient (Wildman–Crippen LogP) is 4.69. The number of halogens is 4. The van der Waals surface area contributed by atoms with Crippen LogP contribution in [0.5, 0.6) is 0 Å². The molecule has 0 radical (unpaired) electrons. The van der Waals surface area contributed by atoms with E-state index >= 15 is 0 Å². The average molecular weight is 296 g/mol. The van der Waals surface area contributed by atoms with E-state index in [-0.39, 0.29) is 5.56 Å². The van der Waals surface area contributed by atoms with Gasteiger partial charge in [-0.05, 0) is 44.2 Å². The highest BCUT2D eigenvalue weighted by Gasteiger charge is 2.32. The SMILES string of the molecule is Cc1cc(C)cc(C(=O)c2cc(C(F)(F)F)ccc2F)c1. The molecule has 0 aliphatic carbocycles. The Bertz CT molecular complexity index is 682. The smallest absolute Gasteiger partial charge is 0.288 e. The van der Waals surface area contributed by atoms with Crippen LogP contribution in [0.2, 0.25) is 0 Å². The topological polar surface area (TPSA) is 17.1 Å². The summed E-state index contributed by atoms with van der Waals surface area (Å²) < 4.78 is 51.7. The molecule has 0 bridgehead atoms. The minimum atomic E-state index is -4.62. The maximum atomic E-state index is 13.7. The monoisotopic (exact) mass is 296 g/mol. The van der Waals surface area contributed by atoms with Gasteiger partial charge in [0, 0.05) is 5.56 Å². The highest BCUT2D eigenvalue weighted by Crippen LogP contribution is 2.31. The fourth-order valence-electron chi connectivity index (χ4n) is 2.14. The van der Waals surface area contributed by atoms with Crippen LogP contribution in [0.4, 0.5) is 17.6 Å². The molecule has 0 aliphatic rings. The van der Waals surface area contributed by atoms with Gasteiger partial charge in [0.2, 0.25) is 0 Å². The quantitative estimate of drug-likeness (QED) is 0.580. The molecule has 110 valence electrons. The van der Waals surface area contributed by atoms with E-state index in [9.17, 15) is 22.4 Å². The second kappa shape index (κ2) is 5.31. The molecule has 0 heterocycles. The van der Waals surface area contributed by atoms with Gasteiger partial charge in [0.15, 0.2) is 5.78 Å². The van der Waals surface area contributed by atoms with Crippen molar-refractivity contribution in [2.75, 3.05) is 0 Å². The van der Waals surface area contributed by atoms with Gasteiger partial charge in [-0.1, -0.05) is 17.2 Å². The molecule has 0 amide bonds. The van der Waals surface area contributed by atoms with Crippen molar-refractivity contribution in [3.05, 3.63) is 70.0 Å². The summed E-state index contributed by atoms with van der Waals surface area (Å²) in [7, 11) is 0. The van der Waals surface area contributed by atoms with E-state index in [1.807, 2.05) is 6.07 Å². The Hall–Kier alpha value is -2.17. The van der Waals surface area contributed by atoms with Gasteiger partial charge < -0.3 is 0 Å². The normalized spacial score (nSPS) is 11.5. The van der Waals surface area contributed by atoms with Crippen LogP contribution in [0.25, 0.3) is 0 Å². The van der Waals surface area contributed by atoms with Gasteiger partial charge in [0.25, 0.3) is 0 Å². The number of carbonyl (C=O) groups excluding carboxylic acids is 1. The minimum absolute atomic E-state index is 0.172. The molecule has 0 aromatic heterocycles. The first kappa shape index (κ1) is 15.2. The summed E-state index contributed by atoms with van der Waals surface area (Å²) >= 11 is 0. The van der Waals surface area contributed by atoms with Crippen molar-refractivity contribution in [2.24, 2.45) is 0 Å². The molecular formula is C16H12F4O. The van der Waals surface area contributed by atoms with Gasteiger partial charge >= 0.3 is 6.18 Å². The Labute approximate surface area is 119 Å².